The van der Waals surface area contributed by atoms with E-state index in [-0.39, 0.29) is 0 Å². The van der Waals surface area contributed by atoms with Crippen molar-refractivity contribution in [1.29, 1.82) is 0 Å². The summed E-state index contributed by atoms with van der Waals surface area (Å²) < 4.78 is 18.9. The number of benzene rings is 7. The van der Waals surface area contributed by atoms with Crippen molar-refractivity contribution in [2.75, 3.05) is 4.90 Å². The number of pyridine rings is 1. The number of nitrogens with zero attached hydrogens (tertiary/aromatic N) is 2. The SMILES string of the molecule is c1ccc2c(c1)oc1ccc(N(c3ccc4oc5ccccc5c4c3)c3ccc4ccc5ccc6c7ccncc7oc6c5c4c3)cc12. The zero-order chi connectivity index (χ0) is 31.3. The molecule has 5 nitrogen and oxygen atoms in total. The van der Waals surface area contributed by atoms with Crippen molar-refractivity contribution in [1.82, 2.24) is 4.98 Å². The van der Waals surface area contributed by atoms with Crippen molar-refractivity contribution in [3.05, 3.63) is 146 Å². The van der Waals surface area contributed by atoms with Crippen molar-refractivity contribution >= 4 is 104 Å². The normalized spacial score (nSPS) is 12.2. The molecule has 4 aromatic heterocycles. The molecular weight excluding hydrogens is 592 g/mol. The first kappa shape index (κ1) is 25.6. The first-order valence-electron chi connectivity index (χ1n) is 16.0. The maximum Gasteiger partial charge on any atom is 0.153 e. The molecule has 0 saturated carbocycles. The predicted molar refractivity (Wildman–Crippen MR) is 196 cm³/mol. The highest BCUT2D eigenvalue weighted by Gasteiger charge is 2.19. The quantitative estimate of drug-likeness (QED) is 0.185. The van der Waals surface area contributed by atoms with Gasteiger partial charge in [-0.25, -0.2) is 0 Å². The van der Waals surface area contributed by atoms with E-state index in [2.05, 4.69) is 113 Å². The second-order valence-electron chi connectivity index (χ2n) is 12.4. The summed E-state index contributed by atoms with van der Waals surface area (Å²) in [6.07, 6.45) is 3.62. The van der Waals surface area contributed by atoms with Crippen LogP contribution in [0.1, 0.15) is 0 Å². The molecule has 11 rings (SSSR count). The Labute approximate surface area is 272 Å². The van der Waals surface area contributed by atoms with Crippen LogP contribution in [0.5, 0.6) is 0 Å². The molecule has 0 aliphatic carbocycles. The minimum absolute atomic E-state index is 0.788. The minimum Gasteiger partial charge on any atom is -0.456 e. The molecule has 11 aromatic rings. The van der Waals surface area contributed by atoms with Crippen molar-refractivity contribution in [2.24, 2.45) is 0 Å². The number of aromatic nitrogens is 1. The molecule has 0 radical (unpaired) electrons. The van der Waals surface area contributed by atoms with Gasteiger partial charge < -0.3 is 18.2 Å². The van der Waals surface area contributed by atoms with Gasteiger partial charge in [-0.3, -0.25) is 4.98 Å². The molecule has 0 saturated heterocycles. The monoisotopic (exact) mass is 616 g/mol. The van der Waals surface area contributed by atoms with Gasteiger partial charge in [0.2, 0.25) is 0 Å². The van der Waals surface area contributed by atoms with E-state index in [1.54, 1.807) is 6.20 Å². The Morgan fingerprint density at radius 1 is 0.396 bits per heavy atom. The highest BCUT2D eigenvalue weighted by molar-refractivity contribution is 6.23. The summed E-state index contributed by atoms with van der Waals surface area (Å²) in [6.45, 7) is 0. The summed E-state index contributed by atoms with van der Waals surface area (Å²) in [6, 6.07) is 46.7. The average molecular weight is 617 g/mol. The van der Waals surface area contributed by atoms with Crippen LogP contribution < -0.4 is 4.90 Å². The molecule has 0 amide bonds. The second-order valence-corrected chi connectivity index (χ2v) is 12.4. The Hall–Kier alpha value is -6.59. The number of rotatable bonds is 3. The summed E-state index contributed by atoms with van der Waals surface area (Å²) in [5.41, 5.74) is 8.24. The molecule has 224 valence electrons. The van der Waals surface area contributed by atoms with Gasteiger partial charge >= 0.3 is 0 Å². The van der Waals surface area contributed by atoms with Crippen LogP contribution in [0.4, 0.5) is 17.1 Å². The molecule has 0 fully saturated rings. The Bertz CT molecular complexity index is 2980. The third-order valence-corrected chi connectivity index (χ3v) is 9.72. The summed E-state index contributed by atoms with van der Waals surface area (Å²) in [4.78, 5) is 6.64. The van der Waals surface area contributed by atoms with Crippen LogP contribution in [0, 0.1) is 0 Å². The van der Waals surface area contributed by atoms with E-state index in [1.165, 1.54) is 0 Å². The van der Waals surface area contributed by atoms with Crippen molar-refractivity contribution < 1.29 is 13.3 Å². The smallest absolute Gasteiger partial charge is 0.153 e. The van der Waals surface area contributed by atoms with Gasteiger partial charge in [-0.1, -0.05) is 60.7 Å². The number of para-hydroxylation sites is 2. The molecule has 0 aliphatic heterocycles. The molecular formula is C43H24N2O3. The molecule has 48 heavy (non-hydrogen) atoms. The van der Waals surface area contributed by atoms with E-state index in [1.807, 2.05) is 36.5 Å². The van der Waals surface area contributed by atoms with Crippen LogP contribution >= 0.6 is 0 Å². The lowest BCUT2D eigenvalue weighted by Crippen LogP contribution is -2.09. The zero-order valence-corrected chi connectivity index (χ0v) is 25.5. The highest BCUT2D eigenvalue weighted by Crippen LogP contribution is 2.44. The summed E-state index contributed by atoms with van der Waals surface area (Å²) in [5.74, 6) is 0. The van der Waals surface area contributed by atoms with Crippen molar-refractivity contribution in [3.8, 4) is 0 Å². The van der Waals surface area contributed by atoms with Gasteiger partial charge in [-0.05, 0) is 89.0 Å². The van der Waals surface area contributed by atoms with Gasteiger partial charge in [-0.15, -0.1) is 0 Å². The molecule has 0 bridgehead atoms. The molecule has 7 aromatic carbocycles. The summed E-state index contributed by atoms with van der Waals surface area (Å²) in [7, 11) is 0. The Morgan fingerprint density at radius 3 is 1.65 bits per heavy atom. The standard InChI is InChI=1S/C43H24N2O3/c1-3-7-37-30(5-1)35-22-28(14-17-39(35)46-37)45(29-15-18-40-36(23-29)31-6-2-4-8-38(31)47-40)27-13-11-25-9-10-26-12-16-33-32-19-20-44-24-41(32)48-43(33)42(26)34(25)21-27/h1-24H. The van der Waals surface area contributed by atoms with Crippen LogP contribution in [0.15, 0.2) is 159 Å². The molecule has 0 aliphatic rings. The third kappa shape index (κ3) is 3.58. The van der Waals surface area contributed by atoms with E-state index < -0.39 is 0 Å². The topological polar surface area (TPSA) is 55.6 Å². The molecule has 0 unspecified atom stereocenters. The number of fused-ring (bicyclic) bond motifs is 13. The molecule has 0 spiro atoms. The maximum atomic E-state index is 6.51. The molecule has 5 heteroatoms. The van der Waals surface area contributed by atoms with E-state index in [0.29, 0.717) is 0 Å². The minimum atomic E-state index is 0.788. The molecule has 0 atom stereocenters. The van der Waals surface area contributed by atoms with E-state index in [0.717, 1.165) is 104 Å². The van der Waals surface area contributed by atoms with Crippen molar-refractivity contribution in [2.45, 2.75) is 0 Å². The second kappa shape index (κ2) is 9.47. The van der Waals surface area contributed by atoms with Crippen LogP contribution in [-0.2, 0) is 0 Å². The average Bonchev–Trinajstić information content (AvgIpc) is 3.82. The van der Waals surface area contributed by atoms with Crippen LogP contribution in [-0.4, -0.2) is 4.98 Å². The first-order valence-corrected chi connectivity index (χ1v) is 16.0. The fraction of sp³-hybridized carbons (Fsp3) is 0. The number of hydrogen-bond donors (Lipinski definition) is 0. The summed E-state index contributed by atoms with van der Waals surface area (Å²) in [5, 5.41) is 11.0. The lowest BCUT2D eigenvalue weighted by Gasteiger charge is -2.26. The Kier molecular flexibility index (Phi) is 5.05. The highest BCUT2D eigenvalue weighted by atomic mass is 16.3. The zero-order valence-electron chi connectivity index (χ0n) is 25.5. The Balaban J connectivity index is 1.21. The number of furan rings is 3. The van der Waals surface area contributed by atoms with Crippen LogP contribution in [0.2, 0.25) is 0 Å². The fourth-order valence-corrected chi connectivity index (χ4v) is 7.50. The largest absolute Gasteiger partial charge is 0.456 e. The fourth-order valence-electron chi connectivity index (χ4n) is 7.50. The van der Waals surface area contributed by atoms with Crippen LogP contribution in [0.3, 0.4) is 0 Å². The first-order chi connectivity index (χ1) is 23.8. The van der Waals surface area contributed by atoms with E-state index >= 15 is 0 Å². The summed E-state index contributed by atoms with van der Waals surface area (Å²) >= 11 is 0. The lowest BCUT2D eigenvalue weighted by molar-refractivity contribution is 0.668. The maximum absolute atomic E-state index is 6.51. The molecule has 4 heterocycles. The van der Waals surface area contributed by atoms with Crippen molar-refractivity contribution in [3.63, 3.8) is 0 Å². The lowest BCUT2D eigenvalue weighted by atomic mass is 9.98. The number of hydrogen-bond acceptors (Lipinski definition) is 5. The van der Waals surface area contributed by atoms with Gasteiger partial charge in [0.05, 0.1) is 6.20 Å². The van der Waals surface area contributed by atoms with E-state index in [9.17, 15) is 0 Å². The van der Waals surface area contributed by atoms with Gasteiger partial charge in [-0.2, -0.15) is 0 Å². The predicted octanol–water partition coefficient (Wildman–Crippen LogP) is 12.6. The van der Waals surface area contributed by atoms with Gasteiger partial charge in [0, 0.05) is 61.0 Å². The van der Waals surface area contributed by atoms with Gasteiger partial charge in [0.15, 0.2) is 5.58 Å². The van der Waals surface area contributed by atoms with Gasteiger partial charge in [0.1, 0.15) is 27.9 Å². The Morgan fingerprint density at radius 2 is 0.938 bits per heavy atom. The van der Waals surface area contributed by atoms with E-state index in [4.69, 9.17) is 13.3 Å². The van der Waals surface area contributed by atoms with Crippen LogP contribution in [0.25, 0.3) is 87.4 Å². The number of anilines is 3. The molecule has 0 N–H and O–H groups in total. The third-order valence-electron chi connectivity index (χ3n) is 9.72. The van der Waals surface area contributed by atoms with Gasteiger partial charge in [0.25, 0.3) is 0 Å².